The third-order valence-electron chi connectivity index (χ3n) is 5.94. The number of imidazole rings is 1. The summed E-state index contributed by atoms with van der Waals surface area (Å²) in [6.45, 7) is 7.40. The van der Waals surface area contributed by atoms with E-state index >= 15 is 0 Å². The Kier molecular flexibility index (Phi) is 5.45. The molecule has 27 heavy (non-hydrogen) atoms. The van der Waals surface area contributed by atoms with Crippen molar-refractivity contribution in [3.05, 3.63) is 35.3 Å². The van der Waals surface area contributed by atoms with Crippen molar-refractivity contribution in [2.24, 2.45) is 5.92 Å². The third-order valence-corrected chi connectivity index (χ3v) is 5.94. The van der Waals surface area contributed by atoms with E-state index in [-0.39, 0.29) is 5.91 Å². The molecule has 146 valence electrons. The van der Waals surface area contributed by atoms with Crippen LogP contribution in [-0.4, -0.2) is 65.0 Å². The van der Waals surface area contributed by atoms with Gasteiger partial charge >= 0.3 is 0 Å². The fourth-order valence-electron chi connectivity index (χ4n) is 4.46. The summed E-state index contributed by atoms with van der Waals surface area (Å²) < 4.78 is 7.45. The van der Waals surface area contributed by atoms with Crippen LogP contribution in [0.15, 0.2) is 18.3 Å². The number of pyridine rings is 1. The fourth-order valence-corrected chi connectivity index (χ4v) is 4.46. The van der Waals surface area contributed by atoms with E-state index in [1.54, 1.807) is 7.11 Å². The molecule has 1 amide bonds. The van der Waals surface area contributed by atoms with Gasteiger partial charge in [0.1, 0.15) is 5.65 Å². The van der Waals surface area contributed by atoms with Gasteiger partial charge in [-0.15, -0.1) is 0 Å². The first-order valence-corrected chi connectivity index (χ1v) is 10.1. The number of hydrogen-bond acceptors (Lipinski definition) is 4. The minimum absolute atomic E-state index is 0.0976. The van der Waals surface area contributed by atoms with Crippen LogP contribution in [0, 0.1) is 12.8 Å². The third kappa shape index (κ3) is 3.73. The molecule has 6 nitrogen and oxygen atoms in total. The number of hydrogen-bond donors (Lipinski definition) is 0. The van der Waals surface area contributed by atoms with Gasteiger partial charge in [-0.25, -0.2) is 4.98 Å². The minimum Gasteiger partial charge on any atom is -0.384 e. The Morgan fingerprint density at radius 2 is 2.07 bits per heavy atom. The van der Waals surface area contributed by atoms with Crippen molar-refractivity contribution in [2.45, 2.75) is 39.2 Å². The van der Waals surface area contributed by atoms with Crippen molar-refractivity contribution in [3.8, 4) is 0 Å². The maximum atomic E-state index is 13.3. The van der Waals surface area contributed by atoms with Crippen LogP contribution >= 0.6 is 0 Å². The zero-order chi connectivity index (χ0) is 18.8. The largest absolute Gasteiger partial charge is 0.384 e. The molecule has 4 rings (SSSR count). The zero-order valence-corrected chi connectivity index (χ0v) is 16.5. The first-order valence-electron chi connectivity index (χ1n) is 10.1. The lowest BCUT2D eigenvalue weighted by atomic mass is 10.1. The number of likely N-dealkylation sites (tertiary alicyclic amines) is 2. The van der Waals surface area contributed by atoms with Gasteiger partial charge in [0.15, 0.2) is 5.69 Å². The molecule has 4 heterocycles. The van der Waals surface area contributed by atoms with Crippen LogP contribution in [0.2, 0.25) is 0 Å². The summed E-state index contributed by atoms with van der Waals surface area (Å²) in [6, 6.07) is 4.10. The van der Waals surface area contributed by atoms with Crippen LogP contribution in [0.4, 0.5) is 0 Å². The van der Waals surface area contributed by atoms with Gasteiger partial charge in [0.25, 0.3) is 5.91 Å². The number of amides is 1. The van der Waals surface area contributed by atoms with Crippen molar-refractivity contribution in [2.75, 3.05) is 39.9 Å². The zero-order valence-electron chi connectivity index (χ0n) is 16.5. The van der Waals surface area contributed by atoms with Gasteiger partial charge in [-0.3, -0.25) is 9.69 Å². The standard InChI is InChI=1S/C21H30N4O2/c1-16-7-6-11-25-18(14-23-12-8-17(13-23)15-27-2)19(22-20(16)25)21(26)24-9-4-3-5-10-24/h6-7,11,17H,3-5,8-10,12-15H2,1-2H3/t17-/m1/s1. The molecule has 0 spiro atoms. The SMILES string of the molecule is COC[C@@H]1CCN(Cc2c(C(=O)N3CCCCC3)nc3c(C)cccn23)C1. The molecule has 0 unspecified atom stereocenters. The van der Waals surface area contributed by atoms with E-state index in [1.807, 2.05) is 17.2 Å². The highest BCUT2D eigenvalue weighted by molar-refractivity contribution is 5.94. The van der Waals surface area contributed by atoms with Gasteiger partial charge in [0, 0.05) is 39.5 Å². The number of carbonyl (C=O) groups excluding carboxylic acids is 1. The normalized spacial score (nSPS) is 21.3. The smallest absolute Gasteiger partial charge is 0.274 e. The molecule has 0 aliphatic carbocycles. The van der Waals surface area contributed by atoms with Gasteiger partial charge in [-0.05, 0) is 56.7 Å². The number of nitrogens with zero attached hydrogens (tertiary/aromatic N) is 4. The molecule has 2 aliphatic heterocycles. The number of methoxy groups -OCH3 is 1. The van der Waals surface area contributed by atoms with Crippen molar-refractivity contribution >= 4 is 11.6 Å². The van der Waals surface area contributed by atoms with Gasteiger partial charge in [0.2, 0.25) is 0 Å². The summed E-state index contributed by atoms with van der Waals surface area (Å²) in [4.78, 5) is 22.5. The van der Waals surface area contributed by atoms with Gasteiger partial charge in [-0.2, -0.15) is 0 Å². The maximum absolute atomic E-state index is 13.3. The second kappa shape index (κ2) is 7.98. The summed E-state index contributed by atoms with van der Waals surface area (Å²) in [7, 11) is 1.77. The van der Waals surface area contributed by atoms with Crippen LogP contribution in [0.25, 0.3) is 5.65 Å². The lowest BCUT2D eigenvalue weighted by Gasteiger charge is -2.26. The van der Waals surface area contributed by atoms with Crippen molar-refractivity contribution in [1.82, 2.24) is 19.2 Å². The Labute approximate surface area is 161 Å². The predicted octanol–water partition coefficient (Wildman–Crippen LogP) is 2.74. The summed E-state index contributed by atoms with van der Waals surface area (Å²) in [6.07, 6.45) is 6.60. The highest BCUT2D eigenvalue weighted by Crippen LogP contribution is 2.24. The van der Waals surface area contributed by atoms with E-state index in [4.69, 9.17) is 9.72 Å². The predicted molar refractivity (Wildman–Crippen MR) is 105 cm³/mol. The van der Waals surface area contributed by atoms with Crippen molar-refractivity contribution in [3.63, 3.8) is 0 Å². The Bertz CT molecular complexity index is 810. The Morgan fingerprint density at radius 1 is 1.26 bits per heavy atom. The average Bonchev–Trinajstić information content (AvgIpc) is 3.28. The molecule has 2 aromatic rings. The topological polar surface area (TPSA) is 50.1 Å². The van der Waals surface area contributed by atoms with Crippen LogP contribution in [0.1, 0.15) is 47.4 Å². The molecule has 6 heteroatoms. The van der Waals surface area contributed by atoms with Crippen LogP contribution in [0.3, 0.4) is 0 Å². The van der Waals surface area contributed by atoms with Crippen LogP contribution in [0.5, 0.6) is 0 Å². The first kappa shape index (κ1) is 18.4. The molecule has 0 radical (unpaired) electrons. The molecule has 0 saturated carbocycles. The number of piperidine rings is 1. The lowest BCUT2D eigenvalue weighted by molar-refractivity contribution is 0.0716. The van der Waals surface area contributed by atoms with Gasteiger partial charge < -0.3 is 14.0 Å². The summed E-state index contributed by atoms with van der Waals surface area (Å²) >= 11 is 0. The summed E-state index contributed by atoms with van der Waals surface area (Å²) in [5.74, 6) is 0.678. The van der Waals surface area contributed by atoms with Crippen LogP contribution in [-0.2, 0) is 11.3 Å². The molecule has 0 N–H and O–H groups in total. The van der Waals surface area contributed by atoms with Crippen molar-refractivity contribution < 1.29 is 9.53 Å². The quantitative estimate of drug-likeness (QED) is 0.812. The molecule has 2 aromatic heterocycles. The Morgan fingerprint density at radius 3 is 2.85 bits per heavy atom. The number of fused-ring (bicyclic) bond motifs is 1. The fraction of sp³-hybridized carbons (Fsp3) is 0.619. The Balaban J connectivity index is 1.65. The molecule has 2 saturated heterocycles. The second-order valence-corrected chi connectivity index (χ2v) is 7.99. The molecule has 2 fully saturated rings. The maximum Gasteiger partial charge on any atom is 0.274 e. The molecule has 0 bridgehead atoms. The van der Waals surface area contributed by atoms with Gasteiger partial charge in [0.05, 0.1) is 12.3 Å². The number of ether oxygens (including phenoxy) is 1. The number of carbonyl (C=O) groups is 1. The molecular weight excluding hydrogens is 340 g/mol. The summed E-state index contributed by atoms with van der Waals surface area (Å²) in [5, 5.41) is 0. The van der Waals surface area contributed by atoms with E-state index in [0.29, 0.717) is 11.6 Å². The minimum atomic E-state index is 0.0976. The average molecular weight is 370 g/mol. The van der Waals surface area contributed by atoms with Crippen LogP contribution < -0.4 is 0 Å². The molecular formula is C21H30N4O2. The highest BCUT2D eigenvalue weighted by atomic mass is 16.5. The van der Waals surface area contributed by atoms with E-state index < -0.39 is 0 Å². The number of rotatable bonds is 5. The van der Waals surface area contributed by atoms with E-state index in [9.17, 15) is 4.79 Å². The molecule has 1 atom stereocenters. The van der Waals surface area contributed by atoms with E-state index in [2.05, 4.69) is 22.3 Å². The Hall–Kier alpha value is -1.92. The lowest BCUT2D eigenvalue weighted by Crippen LogP contribution is -2.36. The number of aryl methyl sites for hydroxylation is 1. The molecule has 2 aliphatic rings. The van der Waals surface area contributed by atoms with E-state index in [1.165, 1.54) is 6.42 Å². The monoisotopic (exact) mass is 370 g/mol. The molecule has 0 aromatic carbocycles. The second-order valence-electron chi connectivity index (χ2n) is 7.99. The number of aromatic nitrogens is 2. The summed E-state index contributed by atoms with van der Waals surface area (Å²) in [5.41, 5.74) is 3.68. The van der Waals surface area contributed by atoms with E-state index in [0.717, 1.165) is 75.5 Å². The van der Waals surface area contributed by atoms with Gasteiger partial charge in [-0.1, -0.05) is 6.07 Å². The first-order chi connectivity index (χ1) is 13.2. The van der Waals surface area contributed by atoms with Crippen molar-refractivity contribution in [1.29, 1.82) is 0 Å². The highest BCUT2D eigenvalue weighted by Gasteiger charge is 2.29.